The molecule has 1 aliphatic carbocycles. The lowest BCUT2D eigenvalue weighted by atomic mass is 10.2. The molecule has 3 N–H and O–H groups in total. The maximum Gasteiger partial charge on any atom is 0.240 e. The summed E-state index contributed by atoms with van der Waals surface area (Å²) < 4.78 is 32.7. The molecule has 1 aromatic rings. The number of benzene rings is 1. The van der Waals surface area contributed by atoms with E-state index in [2.05, 4.69) is 4.72 Å². The molecule has 6 heteroatoms. The van der Waals surface area contributed by atoms with Crippen LogP contribution >= 0.6 is 0 Å². The van der Waals surface area contributed by atoms with Crippen LogP contribution in [-0.2, 0) is 10.0 Å². The van der Waals surface area contributed by atoms with E-state index >= 15 is 0 Å². The van der Waals surface area contributed by atoms with Crippen molar-refractivity contribution in [1.82, 2.24) is 4.72 Å². The first kappa shape index (κ1) is 16.3. The predicted molar refractivity (Wildman–Crippen MR) is 82.7 cm³/mol. The Morgan fingerprint density at radius 1 is 1.33 bits per heavy atom. The van der Waals surface area contributed by atoms with Crippen LogP contribution in [0.5, 0.6) is 5.75 Å². The quantitative estimate of drug-likeness (QED) is 0.682. The van der Waals surface area contributed by atoms with Gasteiger partial charge in [-0.3, -0.25) is 0 Å². The molecule has 1 atom stereocenters. The van der Waals surface area contributed by atoms with Gasteiger partial charge in [0.2, 0.25) is 10.0 Å². The van der Waals surface area contributed by atoms with Crippen molar-refractivity contribution >= 4 is 10.0 Å². The fraction of sp³-hybridized carbons (Fsp3) is 0.600. The van der Waals surface area contributed by atoms with E-state index in [1.54, 1.807) is 24.3 Å². The Morgan fingerprint density at radius 3 is 2.57 bits per heavy atom. The van der Waals surface area contributed by atoms with Crippen molar-refractivity contribution in [1.29, 1.82) is 0 Å². The van der Waals surface area contributed by atoms with Crippen molar-refractivity contribution in [3.63, 3.8) is 0 Å². The predicted octanol–water partition coefficient (Wildman–Crippen LogP) is 1.88. The van der Waals surface area contributed by atoms with Gasteiger partial charge in [-0.15, -0.1) is 0 Å². The average Bonchev–Trinajstić information content (AvgIpc) is 3.23. The summed E-state index contributed by atoms with van der Waals surface area (Å²) in [6.07, 6.45) is 4.14. The molecule has 5 nitrogen and oxygen atoms in total. The van der Waals surface area contributed by atoms with E-state index < -0.39 is 10.0 Å². The number of nitrogens with two attached hydrogens (primary N) is 1. The first-order valence-electron chi connectivity index (χ1n) is 7.46. The van der Waals surface area contributed by atoms with Crippen LogP contribution in [0.15, 0.2) is 29.2 Å². The molecule has 1 unspecified atom stereocenters. The largest absolute Gasteiger partial charge is 0.494 e. The lowest BCUT2D eigenvalue weighted by Crippen LogP contribution is -2.32. The van der Waals surface area contributed by atoms with E-state index in [0.29, 0.717) is 24.8 Å². The van der Waals surface area contributed by atoms with Gasteiger partial charge in [-0.25, -0.2) is 13.1 Å². The average molecular weight is 312 g/mol. The van der Waals surface area contributed by atoms with Crippen LogP contribution in [0, 0.1) is 5.92 Å². The van der Waals surface area contributed by atoms with Crippen molar-refractivity contribution in [2.75, 3.05) is 13.2 Å². The Bertz CT molecular complexity index is 539. The minimum absolute atomic E-state index is 0.0250. The molecule has 0 aromatic heterocycles. The first-order valence-corrected chi connectivity index (χ1v) is 8.95. The highest BCUT2D eigenvalue weighted by atomic mass is 32.2. The van der Waals surface area contributed by atoms with E-state index in [1.165, 1.54) is 12.8 Å². The topological polar surface area (TPSA) is 81.4 Å². The van der Waals surface area contributed by atoms with Gasteiger partial charge in [-0.1, -0.05) is 12.8 Å². The standard InChI is InChI=1S/C15H24N2O3S/c1-12(11-13-3-4-13)17-21(18,19)15-7-5-14(6-8-15)20-10-2-9-16/h5-8,12-13,17H,2-4,9-11,16H2,1H3. The van der Waals surface area contributed by atoms with E-state index in [1.807, 2.05) is 6.92 Å². The molecule has 1 aliphatic rings. The molecule has 118 valence electrons. The minimum atomic E-state index is -3.44. The summed E-state index contributed by atoms with van der Waals surface area (Å²) in [5.41, 5.74) is 5.39. The lowest BCUT2D eigenvalue weighted by Gasteiger charge is -2.14. The summed E-state index contributed by atoms with van der Waals surface area (Å²) in [6.45, 7) is 3.04. The molecule has 0 heterocycles. The zero-order valence-electron chi connectivity index (χ0n) is 12.4. The third-order valence-electron chi connectivity index (χ3n) is 3.49. The minimum Gasteiger partial charge on any atom is -0.494 e. The molecule has 0 aliphatic heterocycles. The molecular formula is C15H24N2O3S. The van der Waals surface area contributed by atoms with E-state index in [-0.39, 0.29) is 10.9 Å². The van der Waals surface area contributed by atoms with Crippen LogP contribution in [0.2, 0.25) is 0 Å². The normalized spacial score (nSPS) is 16.7. The summed E-state index contributed by atoms with van der Waals surface area (Å²) in [5, 5.41) is 0. The molecular weight excluding hydrogens is 288 g/mol. The Hall–Kier alpha value is -1.11. The summed E-state index contributed by atoms with van der Waals surface area (Å²) in [4.78, 5) is 0.274. The molecule has 21 heavy (non-hydrogen) atoms. The van der Waals surface area contributed by atoms with Gasteiger partial charge in [0, 0.05) is 6.04 Å². The summed E-state index contributed by atoms with van der Waals surface area (Å²) in [6, 6.07) is 6.48. The molecule has 0 saturated heterocycles. The molecule has 0 radical (unpaired) electrons. The second-order valence-electron chi connectivity index (χ2n) is 5.66. The van der Waals surface area contributed by atoms with Crippen LogP contribution in [0.3, 0.4) is 0 Å². The van der Waals surface area contributed by atoms with Crippen molar-refractivity contribution in [3.05, 3.63) is 24.3 Å². The number of ether oxygens (including phenoxy) is 1. The second kappa shape index (κ2) is 7.24. The third kappa shape index (κ3) is 5.30. The van der Waals surface area contributed by atoms with Crippen molar-refractivity contribution in [3.8, 4) is 5.75 Å². The maximum absolute atomic E-state index is 12.2. The molecule has 2 rings (SSSR count). The zero-order valence-corrected chi connectivity index (χ0v) is 13.2. The van der Waals surface area contributed by atoms with Crippen LogP contribution in [-0.4, -0.2) is 27.6 Å². The molecule has 1 aromatic carbocycles. The second-order valence-corrected chi connectivity index (χ2v) is 7.38. The van der Waals surface area contributed by atoms with Crippen molar-refractivity contribution < 1.29 is 13.2 Å². The fourth-order valence-corrected chi connectivity index (χ4v) is 3.48. The Labute approximate surface area is 126 Å². The molecule has 0 spiro atoms. The molecule has 1 saturated carbocycles. The monoisotopic (exact) mass is 312 g/mol. The third-order valence-corrected chi connectivity index (χ3v) is 5.10. The van der Waals surface area contributed by atoms with Gasteiger partial charge in [0.15, 0.2) is 0 Å². The van der Waals surface area contributed by atoms with Gasteiger partial charge in [-0.05, 0) is 56.5 Å². The first-order chi connectivity index (χ1) is 10.0. The summed E-state index contributed by atoms with van der Waals surface area (Å²) in [7, 11) is -3.44. The number of rotatable bonds is 9. The van der Waals surface area contributed by atoms with Gasteiger partial charge in [0.05, 0.1) is 11.5 Å². The number of hydrogen-bond donors (Lipinski definition) is 2. The molecule has 1 fully saturated rings. The highest BCUT2D eigenvalue weighted by Gasteiger charge is 2.26. The SMILES string of the molecule is CC(CC1CC1)NS(=O)(=O)c1ccc(OCCCN)cc1. The highest BCUT2D eigenvalue weighted by molar-refractivity contribution is 7.89. The molecule has 0 bridgehead atoms. The molecule has 0 amide bonds. The van der Waals surface area contributed by atoms with Crippen molar-refractivity contribution in [2.24, 2.45) is 11.7 Å². The number of hydrogen-bond acceptors (Lipinski definition) is 4. The van der Waals surface area contributed by atoms with Crippen LogP contribution in [0.4, 0.5) is 0 Å². The van der Waals surface area contributed by atoms with Gasteiger partial charge in [-0.2, -0.15) is 0 Å². The van der Waals surface area contributed by atoms with Crippen LogP contribution in [0.1, 0.15) is 32.6 Å². The van der Waals surface area contributed by atoms with E-state index in [9.17, 15) is 8.42 Å². The Kier molecular flexibility index (Phi) is 5.61. The van der Waals surface area contributed by atoms with Gasteiger partial charge < -0.3 is 10.5 Å². The summed E-state index contributed by atoms with van der Waals surface area (Å²) in [5.74, 6) is 1.36. The highest BCUT2D eigenvalue weighted by Crippen LogP contribution is 2.33. The van der Waals surface area contributed by atoms with Gasteiger partial charge in [0.25, 0.3) is 0 Å². The van der Waals surface area contributed by atoms with Crippen molar-refractivity contribution in [2.45, 2.75) is 43.5 Å². The summed E-state index contributed by atoms with van der Waals surface area (Å²) >= 11 is 0. The maximum atomic E-state index is 12.2. The lowest BCUT2D eigenvalue weighted by molar-refractivity contribution is 0.313. The van der Waals surface area contributed by atoms with Crippen LogP contribution in [0.25, 0.3) is 0 Å². The van der Waals surface area contributed by atoms with E-state index in [4.69, 9.17) is 10.5 Å². The van der Waals surface area contributed by atoms with Crippen LogP contribution < -0.4 is 15.2 Å². The smallest absolute Gasteiger partial charge is 0.240 e. The Balaban J connectivity index is 1.92. The fourth-order valence-electron chi connectivity index (χ4n) is 2.22. The zero-order chi connectivity index (χ0) is 15.3. The number of nitrogens with one attached hydrogen (secondary N) is 1. The Morgan fingerprint density at radius 2 is 2.00 bits per heavy atom. The number of sulfonamides is 1. The van der Waals surface area contributed by atoms with Gasteiger partial charge >= 0.3 is 0 Å². The van der Waals surface area contributed by atoms with E-state index in [0.717, 1.165) is 12.8 Å². The van der Waals surface area contributed by atoms with Gasteiger partial charge in [0.1, 0.15) is 5.75 Å².